The van der Waals surface area contributed by atoms with E-state index in [1.54, 1.807) is 37.3 Å². The van der Waals surface area contributed by atoms with Gasteiger partial charge in [-0.2, -0.15) is 5.10 Å². The predicted octanol–water partition coefficient (Wildman–Crippen LogP) is 2.29. The van der Waals surface area contributed by atoms with Crippen LogP contribution >= 0.6 is 0 Å². The van der Waals surface area contributed by atoms with Gasteiger partial charge in [-0.15, -0.1) is 0 Å². The maximum absolute atomic E-state index is 11.9. The van der Waals surface area contributed by atoms with Gasteiger partial charge in [0.25, 0.3) is 5.91 Å². The lowest BCUT2D eigenvalue weighted by atomic mass is 10.1. The smallest absolute Gasteiger partial charge is 0.277 e. The predicted molar refractivity (Wildman–Crippen MR) is 102 cm³/mol. The summed E-state index contributed by atoms with van der Waals surface area (Å²) in [6.45, 7) is 3.45. The number of aryl methyl sites for hydroxylation is 1. The fraction of sp³-hybridized carbons (Fsp3) is 0.222. The molecule has 0 unspecified atom stereocenters. The minimum absolute atomic E-state index is 0.155. The van der Waals surface area contributed by atoms with Crippen LogP contribution in [0.15, 0.2) is 53.6 Å². The van der Waals surface area contributed by atoms with Gasteiger partial charge in [-0.25, -0.2) is 13.8 Å². The highest BCUT2D eigenvalue weighted by Gasteiger charge is 2.06. The number of hydrogen-bond acceptors (Lipinski definition) is 5. The minimum Gasteiger partial charge on any atom is -0.483 e. The number of rotatable bonds is 7. The first-order chi connectivity index (χ1) is 12.2. The van der Waals surface area contributed by atoms with Crippen molar-refractivity contribution in [1.29, 1.82) is 0 Å². The topological polar surface area (TPSA) is 96.9 Å². The van der Waals surface area contributed by atoms with Crippen LogP contribution in [0.25, 0.3) is 0 Å². The molecule has 0 radical (unpaired) electrons. The van der Waals surface area contributed by atoms with Crippen LogP contribution < -0.4 is 14.9 Å². The van der Waals surface area contributed by atoms with Crippen molar-refractivity contribution in [2.24, 2.45) is 5.10 Å². The van der Waals surface area contributed by atoms with E-state index in [2.05, 4.69) is 15.2 Å². The Bertz CT molecular complexity index is 924. The van der Waals surface area contributed by atoms with Crippen LogP contribution in [-0.4, -0.2) is 32.9 Å². The zero-order valence-corrected chi connectivity index (χ0v) is 15.6. The van der Waals surface area contributed by atoms with Crippen LogP contribution in [0, 0.1) is 6.92 Å². The molecule has 138 valence electrons. The van der Waals surface area contributed by atoms with Crippen molar-refractivity contribution in [2.45, 2.75) is 13.8 Å². The van der Waals surface area contributed by atoms with Gasteiger partial charge in [0.05, 0.1) is 12.0 Å². The van der Waals surface area contributed by atoms with Crippen molar-refractivity contribution in [1.82, 2.24) is 5.43 Å². The van der Waals surface area contributed by atoms with E-state index in [0.717, 1.165) is 11.8 Å². The second-order valence-electron chi connectivity index (χ2n) is 5.74. The molecular formula is C18H21N3O4S. The van der Waals surface area contributed by atoms with E-state index in [4.69, 9.17) is 4.74 Å². The van der Waals surface area contributed by atoms with Gasteiger partial charge in [-0.3, -0.25) is 9.52 Å². The molecule has 0 heterocycles. The first kappa shape index (κ1) is 19.5. The quantitative estimate of drug-likeness (QED) is 0.573. The molecule has 8 heteroatoms. The molecule has 2 aromatic carbocycles. The summed E-state index contributed by atoms with van der Waals surface area (Å²) in [5, 5.41) is 4.03. The van der Waals surface area contributed by atoms with Crippen LogP contribution in [0.4, 0.5) is 5.69 Å². The van der Waals surface area contributed by atoms with Crippen LogP contribution in [0.5, 0.6) is 5.75 Å². The fourth-order valence-corrected chi connectivity index (χ4v) is 2.68. The van der Waals surface area contributed by atoms with Crippen LogP contribution in [0.2, 0.25) is 0 Å². The van der Waals surface area contributed by atoms with E-state index in [1.807, 2.05) is 25.1 Å². The molecule has 0 aromatic heterocycles. The van der Waals surface area contributed by atoms with E-state index in [0.29, 0.717) is 22.7 Å². The Morgan fingerprint density at radius 2 is 1.88 bits per heavy atom. The molecule has 7 nitrogen and oxygen atoms in total. The summed E-state index contributed by atoms with van der Waals surface area (Å²) in [7, 11) is -3.36. The number of anilines is 1. The number of ether oxygens (including phenoxy) is 1. The Kier molecular flexibility index (Phi) is 6.35. The number of benzene rings is 2. The van der Waals surface area contributed by atoms with E-state index in [1.165, 1.54) is 0 Å². The second kappa shape index (κ2) is 8.48. The zero-order valence-electron chi connectivity index (χ0n) is 14.8. The molecule has 0 spiro atoms. The number of hydrogen-bond donors (Lipinski definition) is 2. The van der Waals surface area contributed by atoms with Gasteiger partial charge in [0.2, 0.25) is 10.0 Å². The Balaban J connectivity index is 1.96. The van der Waals surface area contributed by atoms with Gasteiger partial charge < -0.3 is 4.74 Å². The third-order valence-corrected chi connectivity index (χ3v) is 3.99. The minimum atomic E-state index is -3.36. The van der Waals surface area contributed by atoms with Gasteiger partial charge in [0, 0.05) is 5.69 Å². The highest BCUT2D eigenvalue weighted by molar-refractivity contribution is 7.92. The molecule has 2 aromatic rings. The summed E-state index contributed by atoms with van der Waals surface area (Å²) in [5.41, 5.74) is 5.00. The molecule has 0 aliphatic rings. The molecular weight excluding hydrogens is 354 g/mol. The van der Waals surface area contributed by atoms with E-state index in [9.17, 15) is 13.2 Å². The molecule has 0 fully saturated rings. The third-order valence-electron chi connectivity index (χ3n) is 3.38. The summed E-state index contributed by atoms with van der Waals surface area (Å²) in [4.78, 5) is 11.9. The largest absolute Gasteiger partial charge is 0.483 e. The number of sulfonamides is 1. The van der Waals surface area contributed by atoms with Gasteiger partial charge in [0.1, 0.15) is 5.75 Å². The molecule has 0 aliphatic carbocycles. The summed E-state index contributed by atoms with van der Waals surface area (Å²) < 4.78 is 30.4. The maximum Gasteiger partial charge on any atom is 0.277 e. The molecule has 1 amide bonds. The fourth-order valence-electron chi connectivity index (χ4n) is 2.13. The van der Waals surface area contributed by atoms with Crippen LogP contribution in [0.3, 0.4) is 0 Å². The first-order valence-corrected chi connectivity index (χ1v) is 9.73. The molecule has 2 N–H and O–H groups in total. The number of hydrazone groups is 1. The Morgan fingerprint density at radius 3 is 2.58 bits per heavy atom. The second-order valence-corrected chi connectivity index (χ2v) is 7.49. The molecule has 0 saturated heterocycles. The first-order valence-electron chi connectivity index (χ1n) is 7.84. The van der Waals surface area contributed by atoms with Gasteiger partial charge in [-0.05, 0) is 43.2 Å². The number of carbonyl (C=O) groups excluding carboxylic acids is 1. The Morgan fingerprint density at radius 1 is 1.15 bits per heavy atom. The summed E-state index contributed by atoms with van der Waals surface area (Å²) in [6.07, 6.45) is 1.08. The number of para-hydroxylation sites is 1. The van der Waals surface area contributed by atoms with Crippen molar-refractivity contribution < 1.29 is 17.9 Å². The normalized spacial score (nSPS) is 11.7. The van der Waals surface area contributed by atoms with Crippen molar-refractivity contribution in [3.63, 3.8) is 0 Å². The SMILES string of the molecule is CC(=NNC(=O)COc1ccccc1C)c1cccc(NS(C)(=O)=O)c1. The average molecular weight is 375 g/mol. The van der Waals surface area contributed by atoms with Crippen molar-refractivity contribution >= 4 is 27.3 Å². The number of carbonyl (C=O) groups is 1. The van der Waals surface area contributed by atoms with E-state index in [-0.39, 0.29) is 6.61 Å². The van der Waals surface area contributed by atoms with Gasteiger partial charge >= 0.3 is 0 Å². The third kappa shape index (κ3) is 6.21. The van der Waals surface area contributed by atoms with Gasteiger partial charge in [0.15, 0.2) is 6.61 Å². The lowest BCUT2D eigenvalue weighted by Crippen LogP contribution is -2.25. The summed E-state index contributed by atoms with van der Waals surface area (Å²) >= 11 is 0. The molecule has 0 aliphatic heterocycles. The zero-order chi connectivity index (χ0) is 19.2. The number of nitrogens with one attached hydrogen (secondary N) is 2. The molecule has 0 atom stereocenters. The lowest BCUT2D eigenvalue weighted by molar-refractivity contribution is -0.123. The van der Waals surface area contributed by atoms with Crippen LogP contribution in [-0.2, 0) is 14.8 Å². The molecule has 26 heavy (non-hydrogen) atoms. The standard InChI is InChI=1S/C18H21N3O4S/c1-13-7-4-5-10-17(13)25-12-18(22)20-19-14(2)15-8-6-9-16(11-15)21-26(3,23)24/h4-11,21H,12H2,1-3H3,(H,20,22). The summed E-state index contributed by atoms with van der Waals surface area (Å²) in [6, 6.07) is 14.1. The highest BCUT2D eigenvalue weighted by atomic mass is 32.2. The molecule has 0 saturated carbocycles. The van der Waals surface area contributed by atoms with Gasteiger partial charge in [-0.1, -0.05) is 30.3 Å². The molecule has 0 bridgehead atoms. The van der Waals surface area contributed by atoms with E-state index >= 15 is 0 Å². The highest BCUT2D eigenvalue weighted by Crippen LogP contribution is 2.16. The Labute approximate surface area is 153 Å². The monoisotopic (exact) mass is 375 g/mol. The summed E-state index contributed by atoms with van der Waals surface area (Å²) in [5.74, 6) is 0.251. The number of amides is 1. The van der Waals surface area contributed by atoms with Crippen LogP contribution in [0.1, 0.15) is 18.1 Å². The lowest BCUT2D eigenvalue weighted by Gasteiger charge is -2.08. The average Bonchev–Trinajstić information content (AvgIpc) is 2.57. The van der Waals surface area contributed by atoms with Crippen molar-refractivity contribution in [3.8, 4) is 5.75 Å². The maximum atomic E-state index is 11.9. The Hall–Kier alpha value is -2.87. The van der Waals surface area contributed by atoms with E-state index < -0.39 is 15.9 Å². The van der Waals surface area contributed by atoms with Crippen molar-refractivity contribution in [3.05, 3.63) is 59.7 Å². The van der Waals surface area contributed by atoms with Crippen molar-refractivity contribution in [2.75, 3.05) is 17.6 Å². The number of nitrogens with zero attached hydrogens (tertiary/aromatic N) is 1. The molecule has 2 rings (SSSR count).